The smallest absolute Gasteiger partial charge is 0.141 e. The maximum absolute atomic E-state index is 12.7. The standard InChI is InChI=1S/C9H12FN3S/c1-13(6-9(11)14)5-7-2-8(10)4-12-3-7/h2-4H,5-6H2,1H3,(H2,11,14). The third kappa shape index (κ3) is 3.76. The van der Waals surface area contributed by atoms with Crippen LogP contribution >= 0.6 is 12.2 Å². The minimum absolute atomic E-state index is 0.328. The van der Waals surface area contributed by atoms with Crippen LogP contribution in [0.25, 0.3) is 0 Å². The molecule has 1 heterocycles. The first-order chi connectivity index (χ1) is 6.58. The van der Waals surface area contributed by atoms with E-state index in [1.54, 1.807) is 6.20 Å². The Kier molecular flexibility index (Phi) is 3.91. The molecule has 0 amide bonds. The third-order valence-corrected chi connectivity index (χ3v) is 1.77. The number of aromatic nitrogens is 1. The molecule has 0 aliphatic heterocycles. The Labute approximate surface area is 87.7 Å². The van der Waals surface area contributed by atoms with Crippen LogP contribution in [0, 0.1) is 5.82 Å². The van der Waals surface area contributed by atoms with Gasteiger partial charge in [-0.25, -0.2) is 4.39 Å². The maximum Gasteiger partial charge on any atom is 0.141 e. The Morgan fingerprint density at radius 2 is 2.36 bits per heavy atom. The summed E-state index contributed by atoms with van der Waals surface area (Å²) in [7, 11) is 1.87. The van der Waals surface area contributed by atoms with Gasteiger partial charge in [-0.05, 0) is 18.7 Å². The van der Waals surface area contributed by atoms with Crippen molar-refractivity contribution in [1.82, 2.24) is 9.88 Å². The van der Waals surface area contributed by atoms with Gasteiger partial charge in [0.15, 0.2) is 0 Å². The van der Waals surface area contributed by atoms with Crippen molar-refractivity contribution in [3.05, 3.63) is 29.8 Å². The molecular weight excluding hydrogens is 201 g/mol. The number of thiocarbonyl (C=S) groups is 1. The van der Waals surface area contributed by atoms with Gasteiger partial charge in [-0.15, -0.1) is 0 Å². The van der Waals surface area contributed by atoms with E-state index in [-0.39, 0.29) is 5.82 Å². The summed E-state index contributed by atoms with van der Waals surface area (Å²) in [5, 5.41) is 0. The summed E-state index contributed by atoms with van der Waals surface area (Å²) in [4.78, 5) is 6.08. The van der Waals surface area contributed by atoms with Crippen LogP contribution in [-0.2, 0) is 6.54 Å². The number of likely N-dealkylation sites (N-methyl/N-ethyl adjacent to an activating group) is 1. The molecule has 0 unspecified atom stereocenters. The molecule has 0 saturated heterocycles. The molecule has 0 spiro atoms. The number of pyridine rings is 1. The van der Waals surface area contributed by atoms with Gasteiger partial charge in [0.05, 0.1) is 11.2 Å². The number of nitrogens with two attached hydrogens (primary N) is 1. The van der Waals surface area contributed by atoms with E-state index in [1.165, 1.54) is 12.3 Å². The zero-order valence-corrected chi connectivity index (χ0v) is 8.72. The Hall–Kier alpha value is -1.07. The van der Waals surface area contributed by atoms with Gasteiger partial charge in [0.2, 0.25) is 0 Å². The van der Waals surface area contributed by atoms with Gasteiger partial charge in [-0.3, -0.25) is 9.88 Å². The molecule has 0 atom stereocenters. The van der Waals surface area contributed by atoms with Crippen LogP contribution < -0.4 is 5.73 Å². The van der Waals surface area contributed by atoms with Gasteiger partial charge in [0.25, 0.3) is 0 Å². The molecule has 1 rings (SSSR count). The SMILES string of the molecule is CN(CC(N)=S)Cc1cncc(F)c1. The van der Waals surface area contributed by atoms with Crippen molar-refractivity contribution in [2.45, 2.75) is 6.54 Å². The van der Waals surface area contributed by atoms with Crippen LogP contribution in [0.15, 0.2) is 18.5 Å². The molecule has 3 nitrogen and oxygen atoms in total. The van der Waals surface area contributed by atoms with Gasteiger partial charge >= 0.3 is 0 Å². The summed E-state index contributed by atoms with van der Waals surface area (Å²) in [6.07, 6.45) is 2.80. The first-order valence-electron chi connectivity index (χ1n) is 4.14. The van der Waals surface area contributed by atoms with Gasteiger partial charge in [0, 0.05) is 19.3 Å². The topological polar surface area (TPSA) is 42.1 Å². The molecule has 76 valence electrons. The molecule has 14 heavy (non-hydrogen) atoms. The second-order valence-corrected chi connectivity index (χ2v) is 3.67. The number of rotatable bonds is 4. The average molecular weight is 213 g/mol. The Bertz CT molecular complexity index is 330. The van der Waals surface area contributed by atoms with Crippen molar-refractivity contribution in [3.63, 3.8) is 0 Å². The number of halogens is 1. The lowest BCUT2D eigenvalue weighted by Gasteiger charge is -2.15. The van der Waals surface area contributed by atoms with Gasteiger partial charge in [0.1, 0.15) is 5.82 Å². The molecule has 0 radical (unpaired) electrons. The fourth-order valence-corrected chi connectivity index (χ4v) is 1.40. The van der Waals surface area contributed by atoms with Gasteiger partial charge in [-0.1, -0.05) is 12.2 Å². The number of hydrogen-bond donors (Lipinski definition) is 1. The van der Waals surface area contributed by atoms with E-state index < -0.39 is 0 Å². The van der Waals surface area contributed by atoms with Crippen LogP contribution in [0.5, 0.6) is 0 Å². The number of hydrogen-bond acceptors (Lipinski definition) is 3. The summed E-state index contributed by atoms with van der Waals surface area (Å²) in [6, 6.07) is 1.45. The third-order valence-electron chi connectivity index (χ3n) is 1.64. The molecule has 0 aliphatic rings. The highest BCUT2D eigenvalue weighted by Crippen LogP contribution is 2.03. The predicted molar refractivity (Wildman–Crippen MR) is 57.3 cm³/mol. The highest BCUT2D eigenvalue weighted by Gasteiger charge is 2.02. The van der Waals surface area contributed by atoms with E-state index in [9.17, 15) is 4.39 Å². The fourth-order valence-electron chi connectivity index (χ4n) is 1.18. The van der Waals surface area contributed by atoms with E-state index in [4.69, 9.17) is 18.0 Å². The van der Waals surface area contributed by atoms with Crippen molar-refractivity contribution < 1.29 is 4.39 Å². The largest absolute Gasteiger partial charge is 0.392 e. The monoisotopic (exact) mass is 213 g/mol. The summed E-state index contributed by atoms with van der Waals surface area (Å²) >= 11 is 4.76. The second-order valence-electron chi connectivity index (χ2n) is 3.15. The molecule has 0 aromatic carbocycles. The maximum atomic E-state index is 12.7. The Morgan fingerprint density at radius 3 is 2.93 bits per heavy atom. The molecule has 0 aliphatic carbocycles. The molecule has 0 fully saturated rings. The molecular formula is C9H12FN3S. The van der Waals surface area contributed by atoms with E-state index in [2.05, 4.69) is 4.98 Å². The lowest BCUT2D eigenvalue weighted by molar-refractivity contribution is 0.373. The summed E-state index contributed by atoms with van der Waals surface area (Å²) in [5.41, 5.74) is 6.19. The summed E-state index contributed by atoms with van der Waals surface area (Å²) in [5.74, 6) is -0.328. The molecule has 2 N–H and O–H groups in total. The van der Waals surface area contributed by atoms with Crippen molar-refractivity contribution in [2.75, 3.05) is 13.6 Å². The molecule has 1 aromatic rings. The molecule has 0 bridgehead atoms. The Morgan fingerprint density at radius 1 is 1.64 bits per heavy atom. The highest BCUT2D eigenvalue weighted by molar-refractivity contribution is 7.80. The predicted octanol–water partition coefficient (Wildman–Crippen LogP) is 0.939. The summed E-state index contributed by atoms with van der Waals surface area (Å²) in [6.45, 7) is 1.11. The minimum Gasteiger partial charge on any atom is -0.392 e. The van der Waals surface area contributed by atoms with Crippen molar-refractivity contribution in [3.8, 4) is 0 Å². The van der Waals surface area contributed by atoms with Gasteiger partial charge in [-0.2, -0.15) is 0 Å². The quantitative estimate of drug-likeness (QED) is 0.756. The van der Waals surface area contributed by atoms with Crippen LogP contribution in [0.4, 0.5) is 4.39 Å². The van der Waals surface area contributed by atoms with E-state index in [1.807, 2.05) is 11.9 Å². The lowest BCUT2D eigenvalue weighted by atomic mass is 10.2. The van der Waals surface area contributed by atoms with Crippen LogP contribution in [0.3, 0.4) is 0 Å². The Balaban J connectivity index is 2.55. The van der Waals surface area contributed by atoms with Crippen LogP contribution in [0.1, 0.15) is 5.56 Å². The molecule has 0 saturated carbocycles. The van der Waals surface area contributed by atoms with Crippen LogP contribution in [0.2, 0.25) is 0 Å². The first-order valence-corrected chi connectivity index (χ1v) is 4.55. The first kappa shape index (κ1) is 11.0. The number of nitrogens with zero attached hydrogens (tertiary/aromatic N) is 2. The van der Waals surface area contributed by atoms with Crippen molar-refractivity contribution in [1.29, 1.82) is 0 Å². The lowest BCUT2D eigenvalue weighted by Crippen LogP contribution is -2.29. The van der Waals surface area contributed by atoms with E-state index >= 15 is 0 Å². The van der Waals surface area contributed by atoms with Crippen LogP contribution in [-0.4, -0.2) is 28.5 Å². The summed E-state index contributed by atoms with van der Waals surface area (Å²) < 4.78 is 12.7. The zero-order valence-electron chi connectivity index (χ0n) is 7.90. The van der Waals surface area contributed by atoms with E-state index in [0.29, 0.717) is 18.1 Å². The second kappa shape index (κ2) is 4.97. The molecule has 5 heteroatoms. The average Bonchev–Trinajstić information content (AvgIpc) is 2.01. The normalized spacial score (nSPS) is 10.5. The van der Waals surface area contributed by atoms with Gasteiger partial charge < -0.3 is 5.73 Å². The minimum atomic E-state index is -0.328. The molecule has 1 aromatic heterocycles. The van der Waals surface area contributed by atoms with E-state index in [0.717, 1.165) is 5.56 Å². The van der Waals surface area contributed by atoms with Crippen molar-refractivity contribution in [2.24, 2.45) is 5.73 Å². The van der Waals surface area contributed by atoms with Crippen molar-refractivity contribution >= 4 is 17.2 Å². The fraction of sp³-hybridized carbons (Fsp3) is 0.333. The highest BCUT2D eigenvalue weighted by atomic mass is 32.1. The zero-order chi connectivity index (χ0) is 10.6.